The molecule has 4 aromatic rings. The summed E-state index contributed by atoms with van der Waals surface area (Å²) in [7, 11) is 0. The third-order valence-corrected chi connectivity index (χ3v) is 6.65. The first-order valence-corrected chi connectivity index (χ1v) is 12.7. The molecule has 0 aliphatic heterocycles. The highest BCUT2D eigenvalue weighted by molar-refractivity contribution is 5.94. The predicted octanol–water partition coefficient (Wildman–Crippen LogP) is 6.27. The number of nitriles is 1. The Labute approximate surface area is 218 Å². The lowest BCUT2D eigenvalue weighted by Crippen LogP contribution is -2.30. The number of ketones is 1. The van der Waals surface area contributed by atoms with Gasteiger partial charge in [-0.05, 0) is 61.1 Å². The van der Waals surface area contributed by atoms with Crippen molar-refractivity contribution in [1.82, 2.24) is 9.55 Å². The van der Waals surface area contributed by atoms with Crippen molar-refractivity contribution in [1.29, 1.82) is 5.26 Å². The second kappa shape index (κ2) is 11.6. The molecular formula is C32H31N3O2. The smallest absolute Gasteiger partial charge is 0.257 e. The van der Waals surface area contributed by atoms with Gasteiger partial charge in [0.25, 0.3) is 5.56 Å². The van der Waals surface area contributed by atoms with Gasteiger partial charge in [0.1, 0.15) is 5.82 Å². The summed E-state index contributed by atoms with van der Waals surface area (Å²) in [5.74, 6) is 0.650. The van der Waals surface area contributed by atoms with E-state index in [1.54, 1.807) is 10.6 Å². The highest BCUT2D eigenvalue weighted by atomic mass is 16.1. The highest BCUT2D eigenvalue weighted by Crippen LogP contribution is 2.25. The predicted molar refractivity (Wildman–Crippen MR) is 147 cm³/mol. The molecule has 0 unspecified atom stereocenters. The largest absolute Gasteiger partial charge is 0.295 e. The number of hydrogen-bond donors (Lipinski definition) is 0. The van der Waals surface area contributed by atoms with Gasteiger partial charge in [0.15, 0.2) is 5.78 Å². The summed E-state index contributed by atoms with van der Waals surface area (Å²) in [6.07, 6.45) is 3.09. The van der Waals surface area contributed by atoms with Crippen LogP contribution in [0.3, 0.4) is 0 Å². The van der Waals surface area contributed by atoms with Crippen LogP contribution in [0, 0.1) is 18.3 Å². The van der Waals surface area contributed by atoms with Crippen LogP contribution in [-0.2, 0) is 19.4 Å². The fourth-order valence-electron chi connectivity index (χ4n) is 4.61. The van der Waals surface area contributed by atoms with E-state index in [0.717, 1.165) is 47.2 Å². The number of carbonyl (C=O) groups excluding carboxylic acids is 1. The number of hydrogen-bond acceptors (Lipinski definition) is 4. The topological polar surface area (TPSA) is 75.8 Å². The maximum Gasteiger partial charge on any atom is 0.257 e. The van der Waals surface area contributed by atoms with E-state index in [0.29, 0.717) is 35.5 Å². The van der Waals surface area contributed by atoms with E-state index in [-0.39, 0.29) is 11.3 Å². The van der Waals surface area contributed by atoms with Gasteiger partial charge < -0.3 is 0 Å². The summed E-state index contributed by atoms with van der Waals surface area (Å²) < 4.78 is 1.69. The average molecular weight is 490 g/mol. The van der Waals surface area contributed by atoms with Gasteiger partial charge in [-0.25, -0.2) is 4.98 Å². The van der Waals surface area contributed by atoms with Gasteiger partial charge in [-0.1, -0.05) is 74.0 Å². The quantitative estimate of drug-likeness (QED) is 0.260. The fourth-order valence-corrected chi connectivity index (χ4v) is 4.61. The Morgan fingerprint density at radius 1 is 1.00 bits per heavy atom. The molecule has 37 heavy (non-hydrogen) atoms. The normalized spacial score (nSPS) is 10.8. The van der Waals surface area contributed by atoms with Gasteiger partial charge in [0.2, 0.25) is 0 Å². The third kappa shape index (κ3) is 5.92. The minimum Gasteiger partial charge on any atom is -0.295 e. The number of benzene rings is 3. The van der Waals surface area contributed by atoms with Crippen LogP contribution in [0.5, 0.6) is 0 Å². The molecule has 0 aliphatic rings. The van der Waals surface area contributed by atoms with Crippen molar-refractivity contribution in [2.75, 3.05) is 0 Å². The summed E-state index contributed by atoms with van der Waals surface area (Å²) in [6, 6.07) is 25.4. The number of aryl methyl sites for hydroxylation is 2. The highest BCUT2D eigenvalue weighted by Gasteiger charge is 2.17. The molecule has 1 heterocycles. The van der Waals surface area contributed by atoms with Gasteiger partial charge >= 0.3 is 0 Å². The van der Waals surface area contributed by atoms with Gasteiger partial charge in [-0.3, -0.25) is 14.2 Å². The van der Waals surface area contributed by atoms with Gasteiger partial charge in [-0.15, -0.1) is 0 Å². The number of Topliss-reactive ketones (excluding diaryl/α,β-unsaturated/α-hetero) is 1. The van der Waals surface area contributed by atoms with E-state index < -0.39 is 0 Å². The zero-order chi connectivity index (χ0) is 26.4. The van der Waals surface area contributed by atoms with E-state index in [2.05, 4.69) is 13.0 Å². The zero-order valence-electron chi connectivity index (χ0n) is 21.6. The minimum atomic E-state index is -0.0718. The number of unbranched alkanes of at least 4 members (excludes halogenated alkanes) is 1. The van der Waals surface area contributed by atoms with E-state index >= 15 is 0 Å². The molecule has 5 heteroatoms. The van der Waals surface area contributed by atoms with Crippen LogP contribution < -0.4 is 5.56 Å². The van der Waals surface area contributed by atoms with E-state index in [4.69, 9.17) is 4.98 Å². The Morgan fingerprint density at radius 2 is 1.78 bits per heavy atom. The van der Waals surface area contributed by atoms with Crippen LogP contribution in [-0.4, -0.2) is 15.3 Å². The Morgan fingerprint density at radius 3 is 2.49 bits per heavy atom. The summed E-state index contributed by atoms with van der Waals surface area (Å²) in [5.41, 5.74) is 6.27. The molecule has 1 aromatic heterocycles. The summed E-state index contributed by atoms with van der Waals surface area (Å²) >= 11 is 0. The van der Waals surface area contributed by atoms with Crippen molar-refractivity contribution < 1.29 is 4.79 Å². The second-order valence-corrected chi connectivity index (χ2v) is 9.37. The van der Waals surface area contributed by atoms with Crippen molar-refractivity contribution in [3.8, 4) is 17.2 Å². The molecule has 0 amide bonds. The molecule has 0 saturated carbocycles. The van der Waals surface area contributed by atoms with E-state index in [9.17, 15) is 14.9 Å². The monoisotopic (exact) mass is 489 g/mol. The standard InChI is InChI=1S/C32H31N3O2/c1-4-5-14-31-30(19-24-15-16-29(28(17-24)20-33)26-11-7-6-8-12-26)32(37)35(23(3)34-31)21-25-10-9-13-27(18-25)22(2)36/h6-13,15-18H,4-5,14,19,21H2,1-3H3. The Bertz CT molecular complexity index is 1530. The van der Waals surface area contributed by atoms with E-state index in [1.165, 1.54) is 6.92 Å². The maximum atomic E-state index is 13.8. The number of nitrogens with zero attached hydrogens (tertiary/aromatic N) is 3. The molecule has 186 valence electrons. The molecule has 5 nitrogen and oxygen atoms in total. The second-order valence-electron chi connectivity index (χ2n) is 9.37. The molecule has 0 N–H and O–H groups in total. The SMILES string of the molecule is CCCCc1nc(C)n(Cc2cccc(C(C)=O)c2)c(=O)c1Cc1ccc(-c2ccccc2)c(C#N)c1. The molecule has 0 aliphatic carbocycles. The number of aromatic nitrogens is 2. The first-order valence-electron chi connectivity index (χ1n) is 12.7. The van der Waals surface area contributed by atoms with E-state index in [1.807, 2.05) is 73.7 Å². The van der Waals surface area contributed by atoms with Crippen molar-refractivity contribution in [3.05, 3.63) is 122 Å². The molecular weight excluding hydrogens is 458 g/mol. The lowest BCUT2D eigenvalue weighted by Gasteiger charge is -2.16. The fraction of sp³-hybridized carbons (Fsp3) is 0.250. The summed E-state index contributed by atoms with van der Waals surface area (Å²) in [5, 5.41) is 9.85. The van der Waals surface area contributed by atoms with Gasteiger partial charge in [0, 0.05) is 17.5 Å². The molecule has 0 atom stereocenters. The van der Waals surface area contributed by atoms with Crippen molar-refractivity contribution in [3.63, 3.8) is 0 Å². The van der Waals surface area contributed by atoms with Crippen LogP contribution in [0.1, 0.15) is 70.8 Å². The molecule has 3 aromatic carbocycles. The average Bonchev–Trinajstić information content (AvgIpc) is 2.92. The first-order chi connectivity index (χ1) is 17.9. The summed E-state index contributed by atoms with van der Waals surface area (Å²) in [4.78, 5) is 30.5. The van der Waals surface area contributed by atoms with Gasteiger partial charge in [-0.2, -0.15) is 5.26 Å². The third-order valence-electron chi connectivity index (χ3n) is 6.65. The maximum absolute atomic E-state index is 13.8. The minimum absolute atomic E-state index is 0.00751. The van der Waals surface area contributed by atoms with Crippen LogP contribution >= 0.6 is 0 Å². The summed E-state index contributed by atoms with van der Waals surface area (Å²) in [6.45, 7) is 5.86. The lowest BCUT2D eigenvalue weighted by molar-refractivity contribution is 0.101. The first kappa shape index (κ1) is 25.8. The van der Waals surface area contributed by atoms with Crippen LogP contribution in [0.15, 0.2) is 77.6 Å². The number of carbonyl (C=O) groups is 1. The van der Waals surface area contributed by atoms with Crippen molar-refractivity contribution >= 4 is 5.78 Å². The molecule has 0 spiro atoms. The molecule has 0 saturated heterocycles. The van der Waals surface area contributed by atoms with Crippen LogP contribution in [0.25, 0.3) is 11.1 Å². The Hall–Kier alpha value is -4.30. The molecule has 0 bridgehead atoms. The molecule has 0 fully saturated rings. The van der Waals surface area contributed by atoms with Crippen LogP contribution in [0.4, 0.5) is 0 Å². The van der Waals surface area contributed by atoms with Crippen LogP contribution in [0.2, 0.25) is 0 Å². The Balaban J connectivity index is 1.75. The van der Waals surface area contributed by atoms with Gasteiger partial charge in [0.05, 0.1) is 23.9 Å². The van der Waals surface area contributed by atoms with Crippen molar-refractivity contribution in [2.45, 2.75) is 53.0 Å². The lowest BCUT2D eigenvalue weighted by atomic mass is 9.95. The number of rotatable bonds is 9. The zero-order valence-corrected chi connectivity index (χ0v) is 21.6. The van der Waals surface area contributed by atoms with Crippen molar-refractivity contribution in [2.24, 2.45) is 0 Å². The molecule has 0 radical (unpaired) electrons. The molecule has 4 rings (SSSR count). The Kier molecular flexibility index (Phi) is 8.10.